The summed E-state index contributed by atoms with van der Waals surface area (Å²) in [6, 6.07) is 7.31. The third-order valence-electron chi connectivity index (χ3n) is 5.37. The Morgan fingerprint density at radius 2 is 2.17 bits per heavy atom. The van der Waals surface area contributed by atoms with Crippen molar-refractivity contribution in [3.63, 3.8) is 0 Å². The van der Waals surface area contributed by atoms with Crippen molar-refractivity contribution in [3.8, 4) is 0 Å². The second kappa shape index (κ2) is 8.02. The first-order valence-corrected chi connectivity index (χ1v) is 9.84. The molecule has 9 heteroatoms. The Morgan fingerprint density at radius 1 is 1.31 bits per heavy atom. The number of hydrogen-bond acceptors (Lipinski definition) is 5. The molecule has 29 heavy (non-hydrogen) atoms. The smallest absolute Gasteiger partial charge is 0.414 e. The molecular formula is C20H26N6O3. The van der Waals surface area contributed by atoms with E-state index in [1.807, 2.05) is 50.6 Å². The van der Waals surface area contributed by atoms with E-state index in [-0.39, 0.29) is 24.2 Å². The Morgan fingerprint density at radius 3 is 2.90 bits per heavy atom. The molecule has 9 nitrogen and oxygen atoms in total. The van der Waals surface area contributed by atoms with Gasteiger partial charge in [0, 0.05) is 38.1 Å². The van der Waals surface area contributed by atoms with Crippen LogP contribution in [0.4, 0.5) is 21.0 Å². The van der Waals surface area contributed by atoms with Crippen molar-refractivity contribution in [3.05, 3.63) is 42.2 Å². The van der Waals surface area contributed by atoms with E-state index < -0.39 is 0 Å². The van der Waals surface area contributed by atoms with E-state index in [0.29, 0.717) is 13.2 Å². The van der Waals surface area contributed by atoms with Crippen LogP contribution in [0, 0.1) is 0 Å². The SMILES string of the molecule is CC(NC(=O)NC1CCN(c2cnn(C)c2)C1)c1cccc(N2CCOC2=O)c1. The summed E-state index contributed by atoms with van der Waals surface area (Å²) in [5, 5.41) is 10.3. The van der Waals surface area contributed by atoms with Gasteiger partial charge in [0.25, 0.3) is 0 Å². The number of carbonyl (C=O) groups is 2. The lowest BCUT2D eigenvalue weighted by Crippen LogP contribution is -2.44. The zero-order valence-electron chi connectivity index (χ0n) is 16.7. The van der Waals surface area contributed by atoms with Gasteiger partial charge in [-0.15, -0.1) is 0 Å². The van der Waals surface area contributed by atoms with Gasteiger partial charge in [0.1, 0.15) is 6.61 Å². The summed E-state index contributed by atoms with van der Waals surface area (Å²) in [7, 11) is 1.89. The van der Waals surface area contributed by atoms with Crippen LogP contribution in [-0.4, -0.2) is 54.2 Å². The highest BCUT2D eigenvalue weighted by atomic mass is 16.6. The molecule has 2 saturated heterocycles. The number of ether oxygens (including phenoxy) is 1. The molecule has 2 N–H and O–H groups in total. The Balaban J connectivity index is 1.31. The van der Waals surface area contributed by atoms with Crippen LogP contribution in [0.25, 0.3) is 0 Å². The number of cyclic esters (lactones) is 1. The molecule has 2 atom stereocenters. The molecule has 3 amide bonds. The van der Waals surface area contributed by atoms with Crippen molar-refractivity contribution in [2.45, 2.75) is 25.4 Å². The number of anilines is 2. The minimum Gasteiger partial charge on any atom is -0.447 e. The molecule has 0 aliphatic carbocycles. The van der Waals surface area contributed by atoms with Crippen LogP contribution in [0.3, 0.4) is 0 Å². The molecule has 0 saturated carbocycles. The van der Waals surface area contributed by atoms with Gasteiger partial charge in [0.2, 0.25) is 0 Å². The molecule has 154 valence electrons. The quantitative estimate of drug-likeness (QED) is 0.804. The lowest BCUT2D eigenvalue weighted by molar-refractivity contribution is 0.181. The fourth-order valence-corrected chi connectivity index (χ4v) is 3.78. The van der Waals surface area contributed by atoms with E-state index in [1.165, 1.54) is 0 Å². The Hall–Kier alpha value is -3.23. The number of nitrogens with one attached hydrogen (secondary N) is 2. The normalized spacial score (nSPS) is 19.9. The van der Waals surface area contributed by atoms with Crippen molar-refractivity contribution >= 4 is 23.5 Å². The molecule has 1 aromatic carbocycles. The Bertz CT molecular complexity index is 898. The predicted molar refractivity (Wildman–Crippen MR) is 109 cm³/mol. The van der Waals surface area contributed by atoms with E-state index in [0.717, 1.165) is 36.4 Å². The average Bonchev–Trinajstić information content (AvgIpc) is 3.43. The molecule has 2 unspecified atom stereocenters. The standard InChI is InChI=1S/C20H26N6O3/c1-14(15-4-3-5-17(10-15)26-8-9-29-20(26)28)22-19(27)23-16-6-7-25(12-16)18-11-21-24(2)13-18/h3-5,10-11,13-14,16H,6-9,12H2,1-2H3,(H2,22,23,27). The topological polar surface area (TPSA) is 91.7 Å². The van der Waals surface area contributed by atoms with Gasteiger partial charge in [-0.05, 0) is 31.0 Å². The maximum Gasteiger partial charge on any atom is 0.414 e. The minimum absolute atomic E-state index is 0.0908. The lowest BCUT2D eigenvalue weighted by Gasteiger charge is -2.20. The summed E-state index contributed by atoms with van der Waals surface area (Å²) in [5.74, 6) is 0. The summed E-state index contributed by atoms with van der Waals surface area (Å²) in [6.07, 6.45) is 4.38. The largest absolute Gasteiger partial charge is 0.447 e. The molecule has 1 aromatic heterocycles. The second-order valence-corrected chi connectivity index (χ2v) is 7.50. The highest BCUT2D eigenvalue weighted by molar-refractivity contribution is 5.89. The van der Waals surface area contributed by atoms with Gasteiger partial charge >= 0.3 is 12.1 Å². The maximum absolute atomic E-state index is 12.5. The molecule has 0 bridgehead atoms. The van der Waals surface area contributed by atoms with E-state index >= 15 is 0 Å². The molecule has 2 aliphatic heterocycles. The molecule has 0 radical (unpaired) electrons. The van der Waals surface area contributed by atoms with Crippen molar-refractivity contribution in [2.75, 3.05) is 36.0 Å². The van der Waals surface area contributed by atoms with Gasteiger partial charge in [-0.1, -0.05) is 12.1 Å². The highest BCUT2D eigenvalue weighted by Gasteiger charge is 2.26. The van der Waals surface area contributed by atoms with Crippen LogP contribution in [-0.2, 0) is 11.8 Å². The van der Waals surface area contributed by atoms with Gasteiger partial charge in [-0.2, -0.15) is 5.10 Å². The van der Waals surface area contributed by atoms with Gasteiger partial charge in [0.15, 0.2) is 0 Å². The summed E-state index contributed by atoms with van der Waals surface area (Å²) < 4.78 is 6.78. The van der Waals surface area contributed by atoms with E-state index in [4.69, 9.17) is 4.74 Å². The van der Waals surface area contributed by atoms with Crippen LogP contribution in [0.1, 0.15) is 24.9 Å². The first kappa shape index (κ1) is 19.1. The number of urea groups is 1. The van der Waals surface area contributed by atoms with Crippen LogP contribution in [0.2, 0.25) is 0 Å². The number of carbonyl (C=O) groups excluding carboxylic acids is 2. The number of rotatable bonds is 5. The second-order valence-electron chi connectivity index (χ2n) is 7.50. The first-order chi connectivity index (χ1) is 14.0. The van der Waals surface area contributed by atoms with Crippen molar-refractivity contribution < 1.29 is 14.3 Å². The summed E-state index contributed by atoms with van der Waals surface area (Å²) in [5.41, 5.74) is 2.78. The predicted octanol–water partition coefficient (Wildman–Crippen LogP) is 2.02. The molecular weight excluding hydrogens is 372 g/mol. The molecule has 3 heterocycles. The van der Waals surface area contributed by atoms with Crippen molar-refractivity contribution in [1.29, 1.82) is 0 Å². The van der Waals surface area contributed by atoms with Crippen molar-refractivity contribution in [2.24, 2.45) is 7.05 Å². The van der Waals surface area contributed by atoms with Gasteiger partial charge in [-0.25, -0.2) is 9.59 Å². The molecule has 2 aliphatic rings. The van der Waals surface area contributed by atoms with Gasteiger partial charge in [-0.3, -0.25) is 9.58 Å². The zero-order chi connectivity index (χ0) is 20.4. The Labute approximate surface area is 169 Å². The fourth-order valence-electron chi connectivity index (χ4n) is 3.78. The lowest BCUT2D eigenvalue weighted by atomic mass is 10.1. The number of nitrogens with zero attached hydrogens (tertiary/aromatic N) is 4. The summed E-state index contributed by atoms with van der Waals surface area (Å²) in [6.45, 7) is 4.52. The van der Waals surface area contributed by atoms with Crippen molar-refractivity contribution in [1.82, 2.24) is 20.4 Å². The number of aryl methyl sites for hydroxylation is 1. The third-order valence-corrected chi connectivity index (χ3v) is 5.37. The first-order valence-electron chi connectivity index (χ1n) is 9.84. The van der Waals surface area contributed by atoms with Crippen LogP contribution >= 0.6 is 0 Å². The number of benzene rings is 1. The molecule has 2 fully saturated rings. The summed E-state index contributed by atoms with van der Waals surface area (Å²) >= 11 is 0. The molecule has 2 aromatic rings. The fraction of sp³-hybridized carbons (Fsp3) is 0.450. The summed E-state index contributed by atoms with van der Waals surface area (Å²) in [4.78, 5) is 28.1. The minimum atomic E-state index is -0.333. The molecule has 0 spiro atoms. The number of hydrogen-bond donors (Lipinski definition) is 2. The van der Waals surface area contributed by atoms with E-state index in [2.05, 4.69) is 20.6 Å². The van der Waals surface area contributed by atoms with Gasteiger partial charge < -0.3 is 20.3 Å². The number of aromatic nitrogens is 2. The average molecular weight is 398 g/mol. The van der Waals surface area contributed by atoms with Crippen LogP contribution in [0.5, 0.6) is 0 Å². The zero-order valence-corrected chi connectivity index (χ0v) is 16.7. The Kier molecular flexibility index (Phi) is 5.28. The maximum atomic E-state index is 12.5. The van der Waals surface area contributed by atoms with E-state index in [9.17, 15) is 9.59 Å². The monoisotopic (exact) mass is 398 g/mol. The number of amides is 3. The van der Waals surface area contributed by atoms with E-state index in [1.54, 1.807) is 9.58 Å². The van der Waals surface area contributed by atoms with Crippen LogP contribution in [0.15, 0.2) is 36.7 Å². The third kappa shape index (κ3) is 4.28. The highest BCUT2D eigenvalue weighted by Crippen LogP contribution is 2.23. The molecule has 4 rings (SSSR count). The van der Waals surface area contributed by atoms with Gasteiger partial charge in [0.05, 0.1) is 24.5 Å². The van der Waals surface area contributed by atoms with Crippen LogP contribution < -0.4 is 20.4 Å².